The minimum Gasteiger partial charge on any atom is -0.444 e. The van der Waals surface area contributed by atoms with Crippen LogP contribution in [-0.2, 0) is 0 Å². The number of hydrogen-bond acceptors (Lipinski definition) is 5. The second kappa shape index (κ2) is 4.68. The van der Waals surface area contributed by atoms with E-state index in [0.29, 0.717) is 0 Å². The molecule has 0 aliphatic carbocycles. The van der Waals surface area contributed by atoms with Gasteiger partial charge in [-0.25, -0.2) is 9.37 Å². The third-order valence-electron chi connectivity index (χ3n) is 3.48. The van der Waals surface area contributed by atoms with Crippen molar-refractivity contribution in [3.63, 3.8) is 0 Å². The van der Waals surface area contributed by atoms with Gasteiger partial charge in [-0.05, 0) is 13.0 Å². The molecular formula is C13H12FN3O3. The van der Waals surface area contributed by atoms with E-state index >= 15 is 0 Å². The summed E-state index contributed by atoms with van der Waals surface area (Å²) in [5.41, 5.74) is 0.791. The predicted molar refractivity (Wildman–Crippen MR) is 68.9 cm³/mol. The standard InChI is InChI=1S/C13H12FN3O3/c1-7-10(14)2-8(3-12(7)17(18)19)13-16-11(6-20-13)9-4-15-5-9/h2-3,6,9,15H,4-5H2,1H3. The van der Waals surface area contributed by atoms with Crippen LogP contribution in [0.15, 0.2) is 22.8 Å². The molecule has 0 amide bonds. The minimum absolute atomic E-state index is 0.00808. The monoisotopic (exact) mass is 277 g/mol. The topological polar surface area (TPSA) is 81.2 Å². The zero-order valence-electron chi connectivity index (χ0n) is 10.7. The Balaban J connectivity index is 2.01. The van der Waals surface area contributed by atoms with Gasteiger partial charge in [0.05, 0.1) is 16.2 Å². The molecule has 1 fully saturated rings. The molecule has 3 rings (SSSR count). The Kier molecular flexibility index (Phi) is 2.98. The van der Waals surface area contributed by atoms with Crippen LogP contribution in [0.3, 0.4) is 0 Å². The van der Waals surface area contributed by atoms with Gasteiger partial charge >= 0.3 is 0 Å². The quantitative estimate of drug-likeness (QED) is 0.688. The van der Waals surface area contributed by atoms with E-state index in [1.165, 1.54) is 25.3 Å². The number of nitro benzene ring substituents is 1. The average Bonchev–Trinajstić information content (AvgIpc) is 2.79. The van der Waals surface area contributed by atoms with Crippen LogP contribution in [0.4, 0.5) is 10.1 Å². The van der Waals surface area contributed by atoms with Crippen molar-refractivity contribution in [3.8, 4) is 11.5 Å². The number of halogens is 1. The number of benzene rings is 1. The lowest BCUT2D eigenvalue weighted by atomic mass is 10.0. The average molecular weight is 277 g/mol. The van der Waals surface area contributed by atoms with Crippen molar-refractivity contribution in [2.45, 2.75) is 12.8 Å². The number of hydrogen-bond donors (Lipinski definition) is 1. The Bertz CT molecular complexity index is 679. The van der Waals surface area contributed by atoms with Gasteiger partial charge in [0, 0.05) is 30.6 Å². The van der Waals surface area contributed by atoms with E-state index in [1.54, 1.807) is 0 Å². The molecule has 0 unspecified atom stereocenters. The van der Waals surface area contributed by atoms with Crippen molar-refractivity contribution in [2.75, 3.05) is 13.1 Å². The molecule has 1 saturated heterocycles. The Hall–Kier alpha value is -2.28. The lowest BCUT2D eigenvalue weighted by Crippen LogP contribution is -2.40. The minimum atomic E-state index is -0.640. The van der Waals surface area contributed by atoms with E-state index in [1.807, 2.05) is 0 Å². The Morgan fingerprint density at radius 1 is 1.50 bits per heavy atom. The first-order valence-electron chi connectivity index (χ1n) is 6.17. The number of rotatable bonds is 3. The Morgan fingerprint density at radius 2 is 2.25 bits per heavy atom. The van der Waals surface area contributed by atoms with Gasteiger partial charge in [-0.15, -0.1) is 0 Å². The third kappa shape index (κ3) is 2.05. The maximum absolute atomic E-state index is 13.7. The van der Waals surface area contributed by atoms with Crippen molar-refractivity contribution in [3.05, 3.63) is 45.6 Å². The first-order valence-corrected chi connectivity index (χ1v) is 6.17. The molecule has 0 atom stereocenters. The van der Waals surface area contributed by atoms with Crippen molar-refractivity contribution >= 4 is 5.69 Å². The largest absolute Gasteiger partial charge is 0.444 e. The molecule has 2 aromatic rings. The highest BCUT2D eigenvalue weighted by atomic mass is 19.1. The smallest absolute Gasteiger partial charge is 0.276 e. The summed E-state index contributed by atoms with van der Waals surface area (Å²) in [5.74, 6) is -0.147. The molecular weight excluding hydrogens is 265 g/mol. The first kappa shape index (κ1) is 12.7. The van der Waals surface area contributed by atoms with E-state index in [-0.39, 0.29) is 28.6 Å². The number of aromatic nitrogens is 1. The summed E-state index contributed by atoms with van der Waals surface area (Å²) in [5, 5.41) is 14.0. The number of oxazole rings is 1. The van der Waals surface area contributed by atoms with Gasteiger partial charge in [-0.3, -0.25) is 10.1 Å². The number of nitro groups is 1. The van der Waals surface area contributed by atoms with Crippen LogP contribution in [0, 0.1) is 22.9 Å². The van der Waals surface area contributed by atoms with Gasteiger partial charge in [0.25, 0.3) is 5.69 Å². The molecule has 1 N–H and O–H groups in total. The molecule has 1 aromatic heterocycles. The molecule has 0 saturated carbocycles. The second-order valence-electron chi connectivity index (χ2n) is 4.79. The summed E-state index contributed by atoms with van der Waals surface area (Å²) in [6.07, 6.45) is 1.52. The van der Waals surface area contributed by atoms with Crippen LogP contribution in [0.1, 0.15) is 17.2 Å². The fourth-order valence-corrected chi connectivity index (χ4v) is 2.08. The SMILES string of the molecule is Cc1c(F)cc(-c2nc(C3CNC3)co2)cc1[N+](=O)[O-]. The van der Waals surface area contributed by atoms with Gasteiger partial charge in [0.15, 0.2) is 0 Å². The lowest BCUT2D eigenvalue weighted by molar-refractivity contribution is -0.385. The summed E-state index contributed by atoms with van der Waals surface area (Å²) >= 11 is 0. The molecule has 0 spiro atoms. The van der Waals surface area contributed by atoms with E-state index < -0.39 is 10.7 Å². The van der Waals surface area contributed by atoms with E-state index in [0.717, 1.165) is 18.8 Å². The van der Waals surface area contributed by atoms with Crippen LogP contribution < -0.4 is 5.32 Å². The molecule has 1 aromatic carbocycles. The van der Waals surface area contributed by atoms with Crippen LogP contribution in [-0.4, -0.2) is 23.0 Å². The maximum atomic E-state index is 13.7. The Labute approximate surface area is 113 Å². The molecule has 6 nitrogen and oxygen atoms in total. The van der Waals surface area contributed by atoms with Crippen molar-refractivity contribution in [2.24, 2.45) is 0 Å². The van der Waals surface area contributed by atoms with Gasteiger partial charge in [0.2, 0.25) is 5.89 Å². The van der Waals surface area contributed by atoms with E-state index in [4.69, 9.17) is 4.42 Å². The van der Waals surface area contributed by atoms with Gasteiger partial charge in [0.1, 0.15) is 12.1 Å². The van der Waals surface area contributed by atoms with E-state index in [9.17, 15) is 14.5 Å². The maximum Gasteiger partial charge on any atom is 0.276 e. The zero-order valence-corrected chi connectivity index (χ0v) is 10.7. The highest BCUT2D eigenvalue weighted by Gasteiger charge is 2.24. The van der Waals surface area contributed by atoms with Crippen molar-refractivity contribution in [1.29, 1.82) is 0 Å². The number of nitrogens with one attached hydrogen (secondary N) is 1. The summed E-state index contributed by atoms with van der Waals surface area (Å²) in [6, 6.07) is 2.49. The first-order chi connectivity index (χ1) is 9.56. The van der Waals surface area contributed by atoms with Crippen LogP contribution in [0.2, 0.25) is 0 Å². The van der Waals surface area contributed by atoms with Gasteiger partial charge < -0.3 is 9.73 Å². The molecule has 1 aliphatic rings. The third-order valence-corrected chi connectivity index (χ3v) is 3.48. The predicted octanol–water partition coefficient (Wildman–Crippen LogP) is 2.38. The molecule has 0 bridgehead atoms. The summed E-state index contributed by atoms with van der Waals surface area (Å²) in [7, 11) is 0. The normalized spacial score (nSPS) is 15.1. The highest BCUT2D eigenvalue weighted by molar-refractivity contribution is 5.60. The van der Waals surface area contributed by atoms with Crippen LogP contribution >= 0.6 is 0 Å². The summed E-state index contributed by atoms with van der Waals surface area (Å²) in [6.45, 7) is 3.03. The van der Waals surface area contributed by atoms with E-state index in [2.05, 4.69) is 10.3 Å². The molecule has 2 heterocycles. The summed E-state index contributed by atoms with van der Waals surface area (Å²) in [4.78, 5) is 14.6. The van der Waals surface area contributed by atoms with Crippen molar-refractivity contribution < 1.29 is 13.7 Å². The molecule has 1 aliphatic heterocycles. The fourth-order valence-electron chi connectivity index (χ4n) is 2.08. The van der Waals surface area contributed by atoms with Crippen LogP contribution in [0.25, 0.3) is 11.5 Å². The highest BCUT2D eigenvalue weighted by Crippen LogP contribution is 2.30. The molecule has 0 radical (unpaired) electrons. The van der Waals surface area contributed by atoms with Crippen LogP contribution in [0.5, 0.6) is 0 Å². The summed E-state index contributed by atoms with van der Waals surface area (Å²) < 4.78 is 19.1. The lowest BCUT2D eigenvalue weighted by Gasteiger charge is -2.24. The molecule has 104 valence electrons. The zero-order chi connectivity index (χ0) is 14.3. The Morgan fingerprint density at radius 3 is 2.85 bits per heavy atom. The fraction of sp³-hybridized carbons (Fsp3) is 0.308. The van der Waals surface area contributed by atoms with Crippen molar-refractivity contribution in [1.82, 2.24) is 10.3 Å². The number of nitrogens with zero attached hydrogens (tertiary/aromatic N) is 2. The second-order valence-corrected chi connectivity index (χ2v) is 4.79. The van der Waals surface area contributed by atoms with Gasteiger partial charge in [-0.2, -0.15) is 0 Å². The molecule has 20 heavy (non-hydrogen) atoms. The molecule has 7 heteroatoms. The van der Waals surface area contributed by atoms with Gasteiger partial charge in [-0.1, -0.05) is 0 Å².